The molecular formula is C22H31N5O2. The average molecular weight is 398 g/mol. The normalized spacial score (nSPS) is 30.3. The summed E-state index contributed by atoms with van der Waals surface area (Å²) in [5.74, 6) is 2.48. The van der Waals surface area contributed by atoms with Crippen molar-refractivity contribution in [2.24, 2.45) is 11.8 Å². The molecule has 0 aliphatic carbocycles. The number of hydrogen-bond acceptors (Lipinski definition) is 5. The van der Waals surface area contributed by atoms with Gasteiger partial charge in [0.05, 0.1) is 5.56 Å². The second-order valence-electron chi connectivity index (χ2n) is 9.27. The second kappa shape index (κ2) is 7.59. The molecule has 1 aromatic heterocycles. The van der Waals surface area contributed by atoms with E-state index >= 15 is 0 Å². The molecule has 0 spiro atoms. The highest BCUT2D eigenvalue weighted by molar-refractivity contribution is 5.94. The lowest BCUT2D eigenvalue weighted by Crippen LogP contribution is -2.60. The highest BCUT2D eigenvalue weighted by Gasteiger charge is 2.44. The molecule has 7 heteroatoms. The Morgan fingerprint density at radius 3 is 2.69 bits per heavy atom. The number of nitrogens with zero attached hydrogens (tertiary/aromatic N) is 5. The van der Waals surface area contributed by atoms with E-state index in [1.165, 1.54) is 6.42 Å². The van der Waals surface area contributed by atoms with Crippen LogP contribution in [0, 0.1) is 11.8 Å². The average Bonchev–Trinajstić information content (AvgIpc) is 2.75. The van der Waals surface area contributed by atoms with E-state index in [9.17, 15) is 9.59 Å². The first-order valence-corrected chi connectivity index (χ1v) is 11.1. The number of anilines is 1. The first kappa shape index (κ1) is 18.9. The van der Waals surface area contributed by atoms with Crippen LogP contribution in [0.15, 0.2) is 18.3 Å². The molecule has 5 rings (SSSR count). The molecule has 3 atom stereocenters. The lowest BCUT2D eigenvalue weighted by molar-refractivity contribution is -0.142. The van der Waals surface area contributed by atoms with Crippen molar-refractivity contribution in [1.29, 1.82) is 0 Å². The van der Waals surface area contributed by atoms with Gasteiger partial charge >= 0.3 is 0 Å². The zero-order chi connectivity index (χ0) is 20.0. The van der Waals surface area contributed by atoms with E-state index in [4.69, 9.17) is 0 Å². The van der Waals surface area contributed by atoms with Crippen LogP contribution in [0.3, 0.4) is 0 Å². The van der Waals surface area contributed by atoms with Crippen LogP contribution in [-0.4, -0.2) is 90.4 Å². The predicted octanol–water partition coefficient (Wildman–Crippen LogP) is 1.31. The standard InChI is InChI=1S/C22H31N5O2/c1-24-7-9-25(10-8-24)22(29)17-5-6-20(23-12-17)26-13-16-11-18(15-26)19-3-2-4-21(28)27(19)14-16/h5-6,12,16,18-19H,2-4,7-11,13-15H2,1H3/t16-,18-,19-/m1/s1. The molecular weight excluding hydrogens is 366 g/mol. The van der Waals surface area contributed by atoms with Gasteiger partial charge in [0.1, 0.15) is 5.82 Å². The van der Waals surface area contributed by atoms with E-state index in [0.717, 1.165) is 70.9 Å². The van der Waals surface area contributed by atoms with Crippen molar-refractivity contribution in [3.63, 3.8) is 0 Å². The smallest absolute Gasteiger partial charge is 0.255 e. The quantitative estimate of drug-likeness (QED) is 0.753. The largest absolute Gasteiger partial charge is 0.356 e. The fourth-order valence-corrected chi connectivity index (χ4v) is 5.69. The number of carbonyl (C=O) groups is 2. The Kier molecular flexibility index (Phi) is 4.94. The lowest BCUT2D eigenvalue weighted by Gasteiger charge is -2.52. The van der Waals surface area contributed by atoms with E-state index in [2.05, 4.69) is 26.7 Å². The Bertz CT molecular complexity index is 774. The van der Waals surface area contributed by atoms with E-state index in [1.54, 1.807) is 6.20 Å². The Morgan fingerprint density at radius 2 is 1.93 bits per heavy atom. The van der Waals surface area contributed by atoms with Crippen LogP contribution in [0.4, 0.5) is 5.82 Å². The first-order chi connectivity index (χ1) is 14.1. The Hall–Kier alpha value is -2.15. The number of fused-ring (bicyclic) bond motifs is 4. The van der Waals surface area contributed by atoms with Gasteiger partial charge in [-0.05, 0) is 50.3 Å². The van der Waals surface area contributed by atoms with Gasteiger partial charge in [-0.1, -0.05) is 0 Å². The van der Waals surface area contributed by atoms with Crippen LogP contribution >= 0.6 is 0 Å². The molecule has 2 amide bonds. The SMILES string of the molecule is CN1CCN(C(=O)c2ccc(N3C[C@H]4C[C@H](C3)[C@H]3CCCC(=O)N3C4)nc2)CC1. The number of likely N-dealkylation sites (N-methyl/N-ethyl adjacent to an activating group) is 1. The number of pyridine rings is 1. The van der Waals surface area contributed by atoms with Gasteiger partial charge in [0.2, 0.25) is 5.91 Å². The molecule has 29 heavy (non-hydrogen) atoms. The molecule has 4 saturated heterocycles. The van der Waals surface area contributed by atoms with Gasteiger partial charge in [0, 0.05) is 64.5 Å². The number of rotatable bonds is 2. The van der Waals surface area contributed by atoms with Gasteiger partial charge < -0.3 is 19.6 Å². The summed E-state index contributed by atoms with van der Waals surface area (Å²) < 4.78 is 0. The molecule has 4 aliphatic heterocycles. The van der Waals surface area contributed by atoms with E-state index in [1.807, 2.05) is 17.0 Å². The van der Waals surface area contributed by atoms with Crippen LogP contribution in [0.1, 0.15) is 36.0 Å². The minimum absolute atomic E-state index is 0.0871. The number of piperazine rings is 1. The molecule has 0 unspecified atom stereocenters. The third kappa shape index (κ3) is 3.61. The fraction of sp³-hybridized carbons (Fsp3) is 0.682. The van der Waals surface area contributed by atoms with Crippen molar-refractivity contribution in [3.05, 3.63) is 23.9 Å². The van der Waals surface area contributed by atoms with E-state index < -0.39 is 0 Å². The monoisotopic (exact) mass is 397 g/mol. The molecule has 0 N–H and O–H groups in total. The van der Waals surface area contributed by atoms with Crippen molar-refractivity contribution < 1.29 is 9.59 Å². The molecule has 156 valence electrons. The molecule has 1 aromatic rings. The van der Waals surface area contributed by atoms with Crippen molar-refractivity contribution in [1.82, 2.24) is 19.7 Å². The maximum Gasteiger partial charge on any atom is 0.255 e. The Balaban J connectivity index is 1.26. The zero-order valence-electron chi connectivity index (χ0n) is 17.3. The maximum absolute atomic E-state index is 12.8. The molecule has 2 bridgehead atoms. The van der Waals surface area contributed by atoms with Crippen LogP contribution in [-0.2, 0) is 4.79 Å². The summed E-state index contributed by atoms with van der Waals surface area (Å²) in [5, 5.41) is 0. The van der Waals surface area contributed by atoms with E-state index in [-0.39, 0.29) is 5.91 Å². The molecule has 4 fully saturated rings. The molecule has 0 radical (unpaired) electrons. The van der Waals surface area contributed by atoms with Crippen LogP contribution in [0.25, 0.3) is 0 Å². The summed E-state index contributed by atoms with van der Waals surface area (Å²) in [7, 11) is 2.09. The number of hydrogen-bond donors (Lipinski definition) is 0. The van der Waals surface area contributed by atoms with Gasteiger partial charge in [-0.15, -0.1) is 0 Å². The minimum Gasteiger partial charge on any atom is -0.356 e. The Morgan fingerprint density at radius 1 is 1.10 bits per heavy atom. The highest BCUT2D eigenvalue weighted by atomic mass is 16.2. The maximum atomic E-state index is 12.8. The molecule has 5 heterocycles. The van der Waals surface area contributed by atoms with Crippen molar-refractivity contribution in [3.8, 4) is 0 Å². The van der Waals surface area contributed by atoms with Crippen molar-refractivity contribution >= 4 is 17.6 Å². The lowest BCUT2D eigenvalue weighted by atomic mass is 9.76. The number of amides is 2. The molecule has 7 nitrogen and oxygen atoms in total. The Labute approximate surface area is 172 Å². The van der Waals surface area contributed by atoms with Crippen LogP contribution in [0.2, 0.25) is 0 Å². The zero-order valence-corrected chi connectivity index (χ0v) is 17.3. The second-order valence-corrected chi connectivity index (χ2v) is 9.27. The van der Waals surface area contributed by atoms with Gasteiger partial charge in [-0.3, -0.25) is 9.59 Å². The summed E-state index contributed by atoms with van der Waals surface area (Å²) in [6.45, 7) is 6.22. The van der Waals surface area contributed by atoms with Gasteiger partial charge in [-0.25, -0.2) is 4.98 Å². The van der Waals surface area contributed by atoms with Gasteiger partial charge in [-0.2, -0.15) is 0 Å². The summed E-state index contributed by atoms with van der Waals surface area (Å²) >= 11 is 0. The molecule has 0 aromatic carbocycles. The highest BCUT2D eigenvalue weighted by Crippen LogP contribution is 2.38. The van der Waals surface area contributed by atoms with Gasteiger partial charge in [0.15, 0.2) is 0 Å². The van der Waals surface area contributed by atoms with Crippen molar-refractivity contribution in [2.45, 2.75) is 31.7 Å². The minimum atomic E-state index is 0.0871. The van der Waals surface area contributed by atoms with Crippen molar-refractivity contribution in [2.75, 3.05) is 57.8 Å². The molecule has 4 aliphatic rings. The number of carbonyl (C=O) groups excluding carboxylic acids is 2. The summed E-state index contributed by atoms with van der Waals surface area (Å²) in [6, 6.07) is 4.35. The predicted molar refractivity (Wildman–Crippen MR) is 111 cm³/mol. The van der Waals surface area contributed by atoms with Crippen LogP contribution < -0.4 is 4.90 Å². The van der Waals surface area contributed by atoms with Crippen LogP contribution in [0.5, 0.6) is 0 Å². The third-order valence-corrected chi connectivity index (χ3v) is 7.29. The summed E-state index contributed by atoms with van der Waals surface area (Å²) in [6.07, 6.45) is 5.87. The first-order valence-electron chi connectivity index (χ1n) is 11.1. The number of piperidine rings is 3. The van der Waals surface area contributed by atoms with Gasteiger partial charge in [0.25, 0.3) is 5.91 Å². The fourth-order valence-electron chi connectivity index (χ4n) is 5.69. The molecule has 0 saturated carbocycles. The number of aromatic nitrogens is 1. The summed E-state index contributed by atoms with van der Waals surface area (Å²) in [5.41, 5.74) is 0.680. The van der Waals surface area contributed by atoms with E-state index in [0.29, 0.717) is 29.3 Å². The third-order valence-electron chi connectivity index (χ3n) is 7.29. The summed E-state index contributed by atoms with van der Waals surface area (Å²) in [4.78, 5) is 38.5. The topological polar surface area (TPSA) is 60.0 Å².